The molecule has 142 valence electrons. The van der Waals surface area contributed by atoms with E-state index >= 15 is 0 Å². The summed E-state index contributed by atoms with van der Waals surface area (Å²) in [5.41, 5.74) is 1.05. The van der Waals surface area contributed by atoms with Crippen LogP contribution in [0, 0.1) is 5.41 Å². The minimum absolute atomic E-state index is 0. The second kappa shape index (κ2) is 10.4. The van der Waals surface area contributed by atoms with Crippen molar-refractivity contribution in [2.45, 2.75) is 38.6 Å². The standard InChI is InChI=1S/C19H29N3O.2ClH/c1-19(10-7-11-20-15-19)18(23)21-14-17(22-12-5-6-13-22)16-8-3-2-4-9-16;;/h2-4,8-9,17,20H,5-7,10-15H2,1H3,(H,21,23);2*1H. The summed E-state index contributed by atoms with van der Waals surface area (Å²) in [6, 6.07) is 10.9. The van der Waals surface area contributed by atoms with Gasteiger partial charge in [-0.3, -0.25) is 9.69 Å². The van der Waals surface area contributed by atoms with Crippen LogP contribution in [0.2, 0.25) is 0 Å². The maximum absolute atomic E-state index is 12.7. The van der Waals surface area contributed by atoms with Gasteiger partial charge >= 0.3 is 0 Å². The molecule has 2 aliphatic rings. The molecule has 6 heteroatoms. The van der Waals surface area contributed by atoms with Gasteiger partial charge in [0.2, 0.25) is 5.91 Å². The van der Waals surface area contributed by atoms with Gasteiger partial charge in [0, 0.05) is 13.1 Å². The number of hydrogen-bond acceptors (Lipinski definition) is 3. The fraction of sp³-hybridized carbons (Fsp3) is 0.632. The third kappa shape index (κ3) is 5.58. The second-order valence-corrected chi connectivity index (χ2v) is 7.22. The number of piperidine rings is 1. The normalized spacial score (nSPS) is 24.7. The third-order valence-electron chi connectivity index (χ3n) is 5.37. The Hall–Kier alpha value is -0.810. The lowest BCUT2D eigenvalue weighted by Gasteiger charge is -2.34. The average molecular weight is 388 g/mol. The van der Waals surface area contributed by atoms with E-state index in [-0.39, 0.29) is 36.1 Å². The summed E-state index contributed by atoms with van der Waals surface area (Å²) in [4.78, 5) is 15.2. The van der Waals surface area contributed by atoms with Gasteiger partial charge in [0.15, 0.2) is 0 Å². The molecule has 1 aromatic rings. The summed E-state index contributed by atoms with van der Waals surface area (Å²) in [5, 5.41) is 6.61. The fourth-order valence-electron chi connectivity index (χ4n) is 3.84. The molecule has 3 rings (SSSR count). The van der Waals surface area contributed by atoms with Gasteiger partial charge in [-0.05, 0) is 57.8 Å². The van der Waals surface area contributed by atoms with Crippen molar-refractivity contribution in [3.05, 3.63) is 35.9 Å². The Morgan fingerprint density at radius 2 is 1.88 bits per heavy atom. The van der Waals surface area contributed by atoms with Crippen molar-refractivity contribution >= 4 is 30.7 Å². The number of carbonyl (C=O) groups excluding carboxylic acids is 1. The largest absolute Gasteiger partial charge is 0.354 e. The third-order valence-corrected chi connectivity index (χ3v) is 5.37. The molecule has 2 atom stereocenters. The zero-order valence-electron chi connectivity index (χ0n) is 15.0. The topological polar surface area (TPSA) is 44.4 Å². The number of nitrogens with zero attached hydrogens (tertiary/aromatic N) is 1. The van der Waals surface area contributed by atoms with E-state index in [0.717, 1.165) is 39.0 Å². The zero-order valence-corrected chi connectivity index (χ0v) is 16.6. The number of benzene rings is 1. The smallest absolute Gasteiger partial charge is 0.227 e. The molecule has 2 saturated heterocycles. The number of rotatable bonds is 5. The molecule has 0 bridgehead atoms. The molecule has 0 spiro atoms. The van der Waals surface area contributed by atoms with Crippen LogP contribution in [-0.4, -0.2) is 43.5 Å². The van der Waals surface area contributed by atoms with E-state index in [9.17, 15) is 4.79 Å². The number of halogens is 2. The summed E-state index contributed by atoms with van der Waals surface area (Å²) in [5.74, 6) is 0.199. The van der Waals surface area contributed by atoms with E-state index in [0.29, 0.717) is 12.6 Å². The molecular weight excluding hydrogens is 357 g/mol. The summed E-state index contributed by atoms with van der Waals surface area (Å²) in [6.45, 7) is 6.88. The Bertz CT molecular complexity index is 515. The molecule has 2 heterocycles. The molecule has 2 fully saturated rings. The Labute approximate surface area is 163 Å². The van der Waals surface area contributed by atoms with Crippen molar-refractivity contribution in [1.82, 2.24) is 15.5 Å². The molecule has 4 nitrogen and oxygen atoms in total. The highest BCUT2D eigenvalue weighted by Crippen LogP contribution is 2.27. The van der Waals surface area contributed by atoms with Crippen LogP contribution in [0.3, 0.4) is 0 Å². The first-order valence-corrected chi connectivity index (χ1v) is 8.97. The minimum atomic E-state index is -0.259. The van der Waals surface area contributed by atoms with Crippen LogP contribution in [-0.2, 0) is 4.79 Å². The molecule has 0 radical (unpaired) electrons. The number of nitrogens with one attached hydrogen (secondary N) is 2. The van der Waals surface area contributed by atoms with Gasteiger partial charge in [-0.25, -0.2) is 0 Å². The fourth-order valence-corrected chi connectivity index (χ4v) is 3.84. The SMILES string of the molecule is CC1(C(=O)NCC(c2ccccc2)N2CCCC2)CCCNC1.Cl.Cl. The van der Waals surface area contributed by atoms with Gasteiger partial charge in [0.25, 0.3) is 0 Å². The number of hydrogen-bond donors (Lipinski definition) is 2. The predicted octanol–water partition coefficient (Wildman–Crippen LogP) is 3.17. The average Bonchev–Trinajstić information content (AvgIpc) is 3.11. The first-order valence-electron chi connectivity index (χ1n) is 8.97. The van der Waals surface area contributed by atoms with Gasteiger partial charge in [-0.15, -0.1) is 24.8 Å². The van der Waals surface area contributed by atoms with Crippen LogP contribution in [0.4, 0.5) is 0 Å². The highest BCUT2D eigenvalue weighted by Gasteiger charge is 2.35. The van der Waals surface area contributed by atoms with E-state index in [1.54, 1.807) is 0 Å². The number of carbonyl (C=O) groups is 1. The van der Waals surface area contributed by atoms with Crippen molar-refractivity contribution in [1.29, 1.82) is 0 Å². The molecule has 25 heavy (non-hydrogen) atoms. The Morgan fingerprint density at radius 3 is 2.48 bits per heavy atom. The first kappa shape index (κ1) is 22.2. The van der Waals surface area contributed by atoms with Crippen molar-refractivity contribution in [2.75, 3.05) is 32.7 Å². The summed E-state index contributed by atoms with van der Waals surface area (Å²) < 4.78 is 0. The van der Waals surface area contributed by atoms with E-state index in [1.807, 2.05) is 0 Å². The highest BCUT2D eigenvalue weighted by molar-refractivity contribution is 5.85. The quantitative estimate of drug-likeness (QED) is 0.815. The van der Waals surface area contributed by atoms with Crippen LogP contribution in [0.25, 0.3) is 0 Å². The van der Waals surface area contributed by atoms with Crippen LogP contribution in [0.1, 0.15) is 44.2 Å². The molecule has 1 amide bonds. The lowest BCUT2D eigenvalue weighted by Crippen LogP contribution is -2.50. The van der Waals surface area contributed by atoms with Crippen LogP contribution in [0.5, 0.6) is 0 Å². The second-order valence-electron chi connectivity index (χ2n) is 7.22. The van der Waals surface area contributed by atoms with Gasteiger partial charge in [0.05, 0.1) is 11.5 Å². The lowest BCUT2D eigenvalue weighted by molar-refractivity contribution is -0.131. The van der Waals surface area contributed by atoms with E-state index in [1.165, 1.54) is 18.4 Å². The Kier molecular flexibility index (Phi) is 9.22. The molecule has 1 aromatic carbocycles. The lowest BCUT2D eigenvalue weighted by atomic mass is 9.82. The van der Waals surface area contributed by atoms with Crippen LogP contribution < -0.4 is 10.6 Å². The molecular formula is C19H31Cl2N3O. The van der Waals surface area contributed by atoms with E-state index < -0.39 is 0 Å². The molecule has 0 aliphatic carbocycles. The van der Waals surface area contributed by atoms with Crippen LogP contribution in [0.15, 0.2) is 30.3 Å². The van der Waals surface area contributed by atoms with Gasteiger partial charge in [-0.2, -0.15) is 0 Å². The maximum atomic E-state index is 12.7. The van der Waals surface area contributed by atoms with Gasteiger partial charge < -0.3 is 10.6 Å². The first-order chi connectivity index (χ1) is 11.2. The molecule has 2 aliphatic heterocycles. The molecule has 2 unspecified atom stereocenters. The van der Waals surface area contributed by atoms with Crippen molar-refractivity contribution < 1.29 is 4.79 Å². The molecule has 0 saturated carbocycles. The number of amides is 1. The summed E-state index contributed by atoms with van der Waals surface area (Å²) >= 11 is 0. The van der Waals surface area contributed by atoms with Crippen molar-refractivity contribution in [3.63, 3.8) is 0 Å². The van der Waals surface area contributed by atoms with Gasteiger partial charge in [-0.1, -0.05) is 30.3 Å². The molecule has 0 aromatic heterocycles. The van der Waals surface area contributed by atoms with E-state index in [2.05, 4.69) is 52.8 Å². The summed E-state index contributed by atoms with van der Waals surface area (Å²) in [6.07, 6.45) is 4.58. The zero-order chi connectivity index (χ0) is 16.1. The van der Waals surface area contributed by atoms with E-state index in [4.69, 9.17) is 0 Å². The maximum Gasteiger partial charge on any atom is 0.227 e. The van der Waals surface area contributed by atoms with Crippen molar-refractivity contribution in [3.8, 4) is 0 Å². The Morgan fingerprint density at radius 1 is 1.20 bits per heavy atom. The van der Waals surface area contributed by atoms with Crippen LogP contribution >= 0.6 is 24.8 Å². The molecule has 2 N–H and O–H groups in total. The monoisotopic (exact) mass is 387 g/mol. The highest BCUT2D eigenvalue weighted by atomic mass is 35.5. The summed E-state index contributed by atoms with van der Waals surface area (Å²) in [7, 11) is 0. The number of likely N-dealkylation sites (tertiary alicyclic amines) is 1. The minimum Gasteiger partial charge on any atom is -0.354 e. The predicted molar refractivity (Wildman–Crippen MR) is 108 cm³/mol. The van der Waals surface area contributed by atoms with Gasteiger partial charge in [0.1, 0.15) is 0 Å². The van der Waals surface area contributed by atoms with Crippen molar-refractivity contribution in [2.24, 2.45) is 5.41 Å². The Balaban J connectivity index is 0.00000156.